The Morgan fingerprint density at radius 2 is 1.57 bits per heavy atom. The highest BCUT2D eigenvalue weighted by Gasteiger charge is 2.20. The summed E-state index contributed by atoms with van der Waals surface area (Å²) in [5.74, 6) is 0.432. The minimum atomic E-state index is -0.334. The number of nitrogens with one attached hydrogen (secondary N) is 1. The number of benzene rings is 3. The van der Waals surface area contributed by atoms with Crippen LogP contribution in [0.15, 0.2) is 66.7 Å². The molecule has 5 heteroatoms. The number of amides is 1. The largest absolute Gasteiger partial charge is 0.319 e. The van der Waals surface area contributed by atoms with Crippen LogP contribution in [0.1, 0.15) is 32.9 Å². The van der Waals surface area contributed by atoms with E-state index in [1.165, 1.54) is 5.56 Å². The summed E-state index contributed by atoms with van der Waals surface area (Å²) in [6.45, 7) is 8.13. The van der Waals surface area contributed by atoms with Gasteiger partial charge in [-0.05, 0) is 68.1 Å². The van der Waals surface area contributed by atoms with Crippen molar-refractivity contribution in [2.75, 3.05) is 5.32 Å². The van der Waals surface area contributed by atoms with E-state index in [1.54, 1.807) is 4.68 Å². The van der Waals surface area contributed by atoms with E-state index < -0.39 is 0 Å². The Bertz CT molecular complexity index is 1230. The summed E-state index contributed by atoms with van der Waals surface area (Å²) in [4.78, 5) is 17.5. The predicted octanol–water partition coefficient (Wildman–Crippen LogP) is 5.42. The third-order valence-corrected chi connectivity index (χ3v) is 5.20. The minimum Gasteiger partial charge on any atom is -0.319 e. The molecule has 1 heterocycles. The first kappa shape index (κ1) is 19.6. The molecule has 0 unspecified atom stereocenters. The quantitative estimate of drug-likeness (QED) is 0.501. The maximum absolute atomic E-state index is 12.9. The molecule has 0 aliphatic heterocycles. The van der Waals surface area contributed by atoms with E-state index in [2.05, 4.69) is 33.6 Å². The van der Waals surface area contributed by atoms with Crippen molar-refractivity contribution >= 4 is 11.6 Å². The highest BCUT2D eigenvalue weighted by atomic mass is 16.2. The lowest BCUT2D eigenvalue weighted by Gasteiger charge is -2.10. The zero-order valence-electron chi connectivity index (χ0n) is 17.6. The van der Waals surface area contributed by atoms with E-state index in [1.807, 2.05) is 76.2 Å². The molecule has 30 heavy (non-hydrogen) atoms. The van der Waals surface area contributed by atoms with Crippen molar-refractivity contribution in [1.82, 2.24) is 14.8 Å². The summed E-state index contributed by atoms with van der Waals surface area (Å²) in [5, 5.41) is 7.51. The fraction of sp³-hybridized carbons (Fsp3) is 0.160. The number of hydrogen-bond donors (Lipinski definition) is 1. The normalized spacial score (nSPS) is 10.8. The van der Waals surface area contributed by atoms with Crippen LogP contribution in [0.4, 0.5) is 5.69 Å². The van der Waals surface area contributed by atoms with Crippen LogP contribution in [-0.4, -0.2) is 20.7 Å². The van der Waals surface area contributed by atoms with Gasteiger partial charge in [-0.1, -0.05) is 48.5 Å². The summed E-state index contributed by atoms with van der Waals surface area (Å²) >= 11 is 0. The molecule has 0 atom stereocenters. The molecule has 4 aromatic rings. The van der Waals surface area contributed by atoms with E-state index >= 15 is 0 Å². The van der Waals surface area contributed by atoms with Crippen LogP contribution in [0.3, 0.4) is 0 Å². The smallest absolute Gasteiger partial charge is 0.295 e. The first-order chi connectivity index (χ1) is 14.4. The number of carbonyl (C=O) groups is 1. The number of rotatable bonds is 4. The molecule has 0 radical (unpaired) electrons. The lowest BCUT2D eigenvalue weighted by molar-refractivity contribution is 0.101. The van der Waals surface area contributed by atoms with Crippen LogP contribution in [-0.2, 0) is 0 Å². The molecular weight excluding hydrogens is 372 g/mol. The first-order valence-electron chi connectivity index (χ1n) is 9.91. The van der Waals surface area contributed by atoms with Gasteiger partial charge in [0.15, 0.2) is 5.82 Å². The minimum absolute atomic E-state index is 0.132. The average molecular weight is 396 g/mol. The fourth-order valence-corrected chi connectivity index (χ4v) is 3.30. The van der Waals surface area contributed by atoms with Crippen molar-refractivity contribution in [2.24, 2.45) is 0 Å². The van der Waals surface area contributed by atoms with Gasteiger partial charge >= 0.3 is 0 Å². The molecule has 1 amide bonds. The molecule has 0 fully saturated rings. The van der Waals surface area contributed by atoms with E-state index in [0.29, 0.717) is 5.82 Å². The number of anilines is 1. The second-order valence-corrected chi connectivity index (χ2v) is 7.58. The van der Waals surface area contributed by atoms with Crippen LogP contribution < -0.4 is 5.32 Å². The van der Waals surface area contributed by atoms with Crippen LogP contribution >= 0.6 is 0 Å². The maximum atomic E-state index is 12.9. The summed E-state index contributed by atoms with van der Waals surface area (Å²) in [6.07, 6.45) is 0. The monoisotopic (exact) mass is 396 g/mol. The van der Waals surface area contributed by atoms with E-state index in [-0.39, 0.29) is 11.7 Å². The number of carbonyl (C=O) groups excluding carboxylic acids is 1. The summed E-state index contributed by atoms with van der Waals surface area (Å²) in [6, 6.07) is 21.8. The summed E-state index contributed by atoms with van der Waals surface area (Å²) in [5.41, 5.74) is 7.01. The van der Waals surface area contributed by atoms with Crippen molar-refractivity contribution in [1.29, 1.82) is 0 Å². The second-order valence-electron chi connectivity index (χ2n) is 7.58. The highest BCUT2D eigenvalue weighted by molar-refractivity contribution is 6.01. The van der Waals surface area contributed by atoms with Crippen molar-refractivity contribution in [3.63, 3.8) is 0 Å². The number of aryl methyl sites for hydroxylation is 4. The maximum Gasteiger partial charge on any atom is 0.295 e. The first-order valence-corrected chi connectivity index (χ1v) is 9.91. The van der Waals surface area contributed by atoms with Crippen molar-refractivity contribution < 1.29 is 4.79 Å². The zero-order valence-corrected chi connectivity index (χ0v) is 17.6. The molecule has 0 aliphatic rings. The van der Waals surface area contributed by atoms with Gasteiger partial charge in [0.25, 0.3) is 5.91 Å². The number of nitrogens with zero attached hydrogens (tertiary/aromatic N) is 3. The molecule has 1 N–H and O–H groups in total. The van der Waals surface area contributed by atoms with Gasteiger partial charge in [0, 0.05) is 11.3 Å². The Kier molecular flexibility index (Phi) is 5.19. The Balaban J connectivity index is 1.78. The molecule has 150 valence electrons. The molecule has 4 rings (SSSR count). The Labute approximate surface area is 176 Å². The van der Waals surface area contributed by atoms with Gasteiger partial charge in [0.05, 0.1) is 5.69 Å². The lowest BCUT2D eigenvalue weighted by Crippen LogP contribution is -2.14. The molecular formula is C25H24N4O. The van der Waals surface area contributed by atoms with Crippen LogP contribution in [0, 0.1) is 27.7 Å². The summed E-state index contributed by atoms with van der Waals surface area (Å²) < 4.78 is 1.76. The SMILES string of the molecule is Cc1ccc(C)c(-n2nc(C(=O)Nc3ccc(C)c(C)c3)nc2-c2ccccc2)c1. The Hall–Kier alpha value is -3.73. The third kappa shape index (κ3) is 3.87. The van der Waals surface area contributed by atoms with E-state index in [9.17, 15) is 4.79 Å². The van der Waals surface area contributed by atoms with Crippen LogP contribution in [0.5, 0.6) is 0 Å². The average Bonchev–Trinajstić information content (AvgIpc) is 3.18. The van der Waals surface area contributed by atoms with E-state index in [0.717, 1.165) is 33.6 Å². The van der Waals surface area contributed by atoms with Crippen molar-refractivity contribution in [3.05, 3.63) is 94.8 Å². The van der Waals surface area contributed by atoms with Gasteiger partial charge in [-0.15, -0.1) is 5.10 Å². The predicted molar refractivity (Wildman–Crippen MR) is 120 cm³/mol. The number of aromatic nitrogens is 3. The lowest BCUT2D eigenvalue weighted by atomic mass is 10.1. The second kappa shape index (κ2) is 7.95. The molecule has 0 spiro atoms. The molecule has 0 bridgehead atoms. The van der Waals surface area contributed by atoms with Gasteiger partial charge in [-0.2, -0.15) is 0 Å². The molecule has 1 aromatic heterocycles. The van der Waals surface area contributed by atoms with Gasteiger partial charge in [0.1, 0.15) is 0 Å². The fourth-order valence-electron chi connectivity index (χ4n) is 3.30. The van der Waals surface area contributed by atoms with Gasteiger partial charge in [-0.25, -0.2) is 9.67 Å². The Morgan fingerprint density at radius 1 is 0.833 bits per heavy atom. The molecule has 0 aliphatic carbocycles. The van der Waals surface area contributed by atoms with Crippen molar-refractivity contribution in [3.8, 4) is 17.1 Å². The topological polar surface area (TPSA) is 59.8 Å². The molecule has 0 saturated carbocycles. The summed E-state index contributed by atoms with van der Waals surface area (Å²) in [7, 11) is 0. The standard InChI is InChI=1S/C25H24N4O/c1-16-10-11-18(3)22(14-16)29-24(20-8-6-5-7-9-20)27-23(28-29)25(30)26-21-13-12-17(2)19(4)15-21/h5-15H,1-4H3,(H,26,30). The number of hydrogen-bond acceptors (Lipinski definition) is 3. The molecule has 0 saturated heterocycles. The Morgan fingerprint density at radius 3 is 2.30 bits per heavy atom. The zero-order chi connectivity index (χ0) is 21.3. The van der Waals surface area contributed by atoms with E-state index in [4.69, 9.17) is 0 Å². The van der Waals surface area contributed by atoms with Gasteiger partial charge in [0.2, 0.25) is 5.82 Å². The van der Waals surface area contributed by atoms with Crippen LogP contribution in [0.2, 0.25) is 0 Å². The van der Waals surface area contributed by atoms with Crippen LogP contribution in [0.25, 0.3) is 17.1 Å². The van der Waals surface area contributed by atoms with Crippen molar-refractivity contribution in [2.45, 2.75) is 27.7 Å². The van der Waals surface area contributed by atoms with Gasteiger partial charge in [-0.3, -0.25) is 4.79 Å². The van der Waals surface area contributed by atoms with Gasteiger partial charge < -0.3 is 5.32 Å². The molecule has 3 aromatic carbocycles. The highest BCUT2D eigenvalue weighted by Crippen LogP contribution is 2.24. The molecule has 5 nitrogen and oxygen atoms in total. The third-order valence-electron chi connectivity index (χ3n) is 5.20.